The van der Waals surface area contributed by atoms with E-state index < -0.39 is 0 Å². The lowest BCUT2D eigenvalue weighted by atomic mass is 10.2. The summed E-state index contributed by atoms with van der Waals surface area (Å²) in [4.78, 5) is 16.6. The van der Waals surface area contributed by atoms with Gasteiger partial charge in [-0.2, -0.15) is 0 Å². The Balaban J connectivity index is 1.48. The van der Waals surface area contributed by atoms with E-state index >= 15 is 0 Å². The maximum atomic E-state index is 12.3. The monoisotopic (exact) mass is 328 g/mol. The number of pyridine rings is 1. The standard InChI is InChI=1S/C20H16N4O/c25-20(23-18-7-3-5-15-6-4-12-21-19(15)18)22-16-8-10-17(11-9-16)24-13-1-2-14-24/h1-14H,(H2,22,23,25). The van der Waals surface area contributed by atoms with Crippen molar-refractivity contribution in [1.29, 1.82) is 0 Å². The summed E-state index contributed by atoms with van der Waals surface area (Å²) in [6.07, 6.45) is 5.66. The summed E-state index contributed by atoms with van der Waals surface area (Å²) in [7, 11) is 0. The maximum absolute atomic E-state index is 12.3. The number of aromatic nitrogens is 2. The predicted molar refractivity (Wildman–Crippen MR) is 100 cm³/mol. The number of urea groups is 1. The molecule has 0 unspecified atom stereocenters. The first kappa shape index (κ1) is 15.0. The molecule has 2 aromatic heterocycles. The Kier molecular flexibility index (Phi) is 3.88. The van der Waals surface area contributed by atoms with Gasteiger partial charge < -0.3 is 15.2 Å². The highest BCUT2D eigenvalue weighted by atomic mass is 16.2. The first-order valence-electron chi connectivity index (χ1n) is 7.95. The van der Waals surface area contributed by atoms with Crippen molar-refractivity contribution in [3.8, 4) is 5.69 Å². The van der Waals surface area contributed by atoms with Crippen LogP contribution in [0.2, 0.25) is 0 Å². The lowest BCUT2D eigenvalue weighted by Gasteiger charge is -2.10. The SMILES string of the molecule is O=C(Nc1ccc(-n2cccc2)cc1)Nc1cccc2cccnc12. The highest BCUT2D eigenvalue weighted by Gasteiger charge is 2.07. The van der Waals surface area contributed by atoms with Crippen molar-refractivity contribution < 1.29 is 4.79 Å². The van der Waals surface area contributed by atoms with Gasteiger partial charge in [0.15, 0.2) is 0 Å². The minimum Gasteiger partial charge on any atom is -0.324 e. The third-order valence-corrected chi connectivity index (χ3v) is 3.91. The van der Waals surface area contributed by atoms with Crippen molar-refractivity contribution >= 4 is 28.3 Å². The second-order valence-electron chi connectivity index (χ2n) is 5.60. The van der Waals surface area contributed by atoms with E-state index in [2.05, 4.69) is 15.6 Å². The van der Waals surface area contributed by atoms with Gasteiger partial charge in [-0.1, -0.05) is 18.2 Å². The smallest absolute Gasteiger partial charge is 0.323 e. The Bertz CT molecular complexity index is 1000. The Labute approximate surface area is 144 Å². The highest BCUT2D eigenvalue weighted by molar-refractivity contribution is 6.04. The van der Waals surface area contributed by atoms with Crippen LogP contribution >= 0.6 is 0 Å². The molecule has 0 saturated heterocycles. The topological polar surface area (TPSA) is 59.0 Å². The number of benzene rings is 2. The molecule has 25 heavy (non-hydrogen) atoms. The number of hydrogen-bond acceptors (Lipinski definition) is 2. The van der Waals surface area contributed by atoms with Crippen LogP contribution in [0.3, 0.4) is 0 Å². The van der Waals surface area contributed by atoms with Crippen LogP contribution in [0.25, 0.3) is 16.6 Å². The summed E-state index contributed by atoms with van der Waals surface area (Å²) in [5.74, 6) is 0. The third kappa shape index (κ3) is 3.21. The summed E-state index contributed by atoms with van der Waals surface area (Å²) < 4.78 is 2.01. The van der Waals surface area contributed by atoms with Gasteiger partial charge in [-0.3, -0.25) is 4.98 Å². The van der Waals surface area contributed by atoms with Crippen LogP contribution in [0.5, 0.6) is 0 Å². The zero-order chi connectivity index (χ0) is 17.1. The Morgan fingerprint density at radius 2 is 1.60 bits per heavy atom. The quantitative estimate of drug-likeness (QED) is 0.574. The number of anilines is 2. The van der Waals surface area contributed by atoms with E-state index in [4.69, 9.17) is 0 Å². The number of amides is 2. The van der Waals surface area contributed by atoms with Gasteiger partial charge in [0.2, 0.25) is 0 Å². The van der Waals surface area contributed by atoms with E-state index in [9.17, 15) is 4.79 Å². The Morgan fingerprint density at radius 3 is 2.40 bits per heavy atom. The van der Waals surface area contributed by atoms with Crippen molar-refractivity contribution in [2.75, 3.05) is 10.6 Å². The molecular formula is C20H16N4O. The molecule has 0 fully saturated rings. The average Bonchev–Trinajstić information content (AvgIpc) is 3.17. The molecule has 5 nitrogen and oxygen atoms in total. The minimum absolute atomic E-state index is 0.299. The molecule has 0 aliphatic carbocycles. The molecule has 0 atom stereocenters. The van der Waals surface area contributed by atoms with Gasteiger partial charge in [0.1, 0.15) is 0 Å². The molecule has 0 saturated carbocycles. The lowest BCUT2D eigenvalue weighted by Crippen LogP contribution is -2.19. The fourth-order valence-electron chi connectivity index (χ4n) is 2.71. The first-order valence-corrected chi connectivity index (χ1v) is 7.95. The molecule has 0 bridgehead atoms. The molecule has 0 radical (unpaired) electrons. The average molecular weight is 328 g/mol. The number of carbonyl (C=O) groups is 1. The molecule has 0 spiro atoms. The zero-order valence-electron chi connectivity index (χ0n) is 13.4. The van der Waals surface area contributed by atoms with Gasteiger partial charge >= 0.3 is 6.03 Å². The predicted octanol–water partition coefficient (Wildman–Crippen LogP) is 4.67. The highest BCUT2D eigenvalue weighted by Crippen LogP contribution is 2.21. The molecule has 2 N–H and O–H groups in total. The van der Waals surface area contributed by atoms with Crippen LogP contribution in [-0.2, 0) is 0 Å². The van der Waals surface area contributed by atoms with Crippen LogP contribution in [0, 0.1) is 0 Å². The summed E-state index contributed by atoms with van der Waals surface area (Å²) in [6, 6.07) is 20.8. The van der Waals surface area contributed by atoms with E-state index in [0.717, 1.165) is 22.3 Å². The van der Waals surface area contributed by atoms with Gasteiger partial charge in [0, 0.05) is 35.4 Å². The van der Waals surface area contributed by atoms with E-state index in [1.54, 1.807) is 6.20 Å². The molecule has 0 aliphatic rings. The molecule has 2 aromatic carbocycles. The van der Waals surface area contributed by atoms with E-state index in [1.807, 2.05) is 83.7 Å². The first-order chi connectivity index (χ1) is 12.3. The van der Waals surface area contributed by atoms with Gasteiger partial charge in [0.25, 0.3) is 0 Å². The van der Waals surface area contributed by atoms with Crippen LogP contribution in [0.15, 0.2) is 85.3 Å². The fraction of sp³-hybridized carbons (Fsp3) is 0. The number of hydrogen-bond donors (Lipinski definition) is 2. The van der Waals surface area contributed by atoms with Crippen molar-refractivity contribution in [3.63, 3.8) is 0 Å². The van der Waals surface area contributed by atoms with E-state index in [-0.39, 0.29) is 6.03 Å². The van der Waals surface area contributed by atoms with Crippen molar-refractivity contribution in [1.82, 2.24) is 9.55 Å². The van der Waals surface area contributed by atoms with Gasteiger partial charge in [-0.25, -0.2) is 4.79 Å². The Hall–Kier alpha value is -3.60. The van der Waals surface area contributed by atoms with Crippen molar-refractivity contribution in [2.24, 2.45) is 0 Å². The molecule has 5 heteroatoms. The number of nitrogens with one attached hydrogen (secondary N) is 2. The normalized spacial score (nSPS) is 10.6. The van der Waals surface area contributed by atoms with Crippen LogP contribution in [0.1, 0.15) is 0 Å². The summed E-state index contributed by atoms with van der Waals surface area (Å²) in [5.41, 5.74) is 3.21. The molecule has 2 heterocycles. The molecule has 4 rings (SSSR count). The molecule has 0 aliphatic heterocycles. The van der Waals surface area contributed by atoms with E-state index in [1.165, 1.54) is 0 Å². The van der Waals surface area contributed by atoms with Gasteiger partial charge in [0.05, 0.1) is 11.2 Å². The molecule has 4 aromatic rings. The third-order valence-electron chi connectivity index (χ3n) is 3.91. The molecular weight excluding hydrogens is 312 g/mol. The second-order valence-corrected chi connectivity index (χ2v) is 5.60. The summed E-state index contributed by atoms with van der Waals surface area (Å²) in [5, 5.41) is 6.68. The van der Waals surface area contributed by atoms with Gasteiger partial charge in [-0.15, -0.1) is 0 Å². The van der Waals surface area contributed by atoms with Gasteiger partial charge in [-0.05, 0) is 48.5 Å². The largest absolute Gasteiger partial charge is 0.324 e. The van der Waals surface area contributed by atoms with Crippen molar-refractivity contribution in [2.45, 2.75) is 0 Å². The number of para-hydroxylation sites is 1. The van der Waals surface area contributed by atoms with E-state index in [0.29, 0.717) is 5.69 Å². The second kappa shape index (κ2) is 6.49. The summed E-state index contributed by atoms with van der Waals surface area (Å²) >= 11 is 0. The zero-order valence-corrected chi connectivity index (χ0v) is 13.4. The number of carbonyl (C=O) groups excluding carboxylic acids is 1. The molecule has 2 amide bonds. The lowest BCUT2D eigenvalue weighted by molar-refractivity contribution is 0.262. The summed E-state index contributed by atoms with van der Waals surface area (Å²) in [6.45, 7) is 0. The van der Waals surface area contributed by atoms with Crippen LogP contribution in [0.4, 0.5) is 16.2 Å². The fourth-order valence-corrected chi connectivity index (χ4v) is 2.71. The van der Waals surface area contributed by atoms with Crippen LogP contribution in [-0.4, -0.2) is 15.6 Å². The molecule has 122 valence electrons. The Morgan fingerprint density at radius 1 is 0.840 bits per heavy atom. The number of rotatable bonds is 3. The maximum Gasteiger partial charge on any atom is 0.323 e. The number of fused-ring (bicyclic) bond motifs is 1. The van der Waals surface area contributed by atoms with Crippen LogP contribution < -0.4 is 10.6 Å². The van der Waals surface area contributed by atoms with Crippen molar-refractivity contribution in [3.05, 3.63) is 85.3 Å². The number of nitrogens with zero attached hydrogens (tertiary/aromatic N) is 2. The minimum atomic E-state index is -0.299.